The molecule has 0 saturated heterocycles. The van der Waals surface area contributed by atoms with Gasteiger partial charge in [-0.3, -0.25) is 4.98 Å². The second-order valence-corrected chi connectivity index (χ2v) is 8.08. The lowest BCUT2D eigenvalue weighted by Gasteiger charge is -2.11. The maximum atomic E-state index is 13.2. The molecule has 3 aromatic rings. The molecular formula is C19H15F4N3O3S. The molecule has 158 valence electrons. The molecule has 0 radical (unpaired) electrons. The van der Waals surface area contributed by atoms with Crippen molar-refractivity contribution in [2.24, 2.45) is 0 Å². The third-order valence-electron chi connectivity index (χ3n) is 3.99. The van der Waals surface area contributed by atoms with Gasteiger partial charge in [-0.2, -0.15) is 31.6 Å². The second kappa shape index (κ2) is 7.98. The van der Waals surface area contributed by atoms with Crippen LogP contribution in [0.1, 0.15) is 25.5 Å². The average Bonchev–Trinajstić information content (AvgIpc) is 2.67. The van der Waals surface area contributed by atoms with E-state index in [9.17, 15) is 26.0 Å². The highest BCUT2D eigenvalue weighted by Gasteiger charge is 2.49. The fraction of sp³-hybridized carbons (Fsp3) is 0.211. The molecule has 11 heteroatoms. The molecule has 0 amide bonds. The topological polar surface area (TPSA) is 82.0 Å². The van der Waals surface area contributed by atoms with E-state index in [4.69, 9.17) is 0 Å². The number of alkyl halides is 3. The Balaban J connectivity index is 2.11. The lowest BCUT2D eigenvalue weighted by atomic mass is 10.1. The van der Waals surface area contributed by atoms with E-state index in [-0.39, 0.29) is 17.3 Å². The van der Waals surface area contributed by atoms with Gasteiger partial charge in [0.1, 0.15) is 5.82 Å². The van der Waals surface area contributed by atoms with E-state index < -0.39 is 27.5 Å². The predicted octanol–water partition coefficient (Wildman–Crippen LogP) is 4.70. The molecule has 30 heavy (non-hydrogen) atoms. The molecule has 2 heterocycles. The van der Waals surface area contributed by atoms with Crippen molar-refractivity contribution >= 4 is 10.1 Å². The Hall–Kier alpha value is -3.08. The van der Waals surface area contributed by atoms with Crippen LogP contribution in [0.25, 0.3) is 22.5 Å². The zero-order valence-electron chi connectivity index (χ0n) is 15.7. The SMILES string of the molecule is CC(C)c1ccc(-c2cc(-c3ccc(F)cc3)nc(OS(=O)(=O)C(F)(F)F)n2)cn1. The molecule has 6 nitrogen and oxygen atoms in total. The van der Waals surface area contributed by atoms with Gasteiger partial charge in [-0.1, -0.05) is 13.8 Å². The highest BCUT2D eigenvalue weighted by Crippen LogP contribution is 2.30. The van der Waals surface area contributed by atoms with E-state index in [0.29, 0.717) is 11.1 Å². The number of benzene rings is 1. The van der Waals surface area contributed by atoms with Crippen molar-refractivity contribution < 1.29 is 30.2 Å². The van der Waals surface area contributed by atoms with Crippen LogP contribution in [-0.4, -0.2) is 28.9 Å². The van der Waals surface area contributed by atoms with Crippen LogP contribution in [0.2, 0.25) is 0 Å². The summed E-state index contributed by atoms with van der Waals surface area (Å²) < 4.78 is 78.2. The van der Waals surface area contributed by atoms with Crippen LogP contribution in [0.15, 0.2) is 48.7 Å². The molecule has 0 fully saturated rings. The third-order valence-corrected chi connectivity index (χ3v) is 4.92. The molecule has 0 unspecified atom stereocenters. The monoisotopic (exact) mass is 441 g/mol. The fourth-order valence-electron chi connectivity index (χ4n) is 2.42. The van der Waals surface area contributed by atoms with Crippen LogP contribution >= 0.6 is 0 Å². The first-order chi connectivity index (χ1) is 14.0. The van der Waals surface area contributed by atoms with E-state index in [1.807, 2.05) is 13.8 Å². The Kier molecular flexibility index (Phi) is 5.75. The smallest absolute Gasteiger partial charge is 0.337 e. The number of pyridine rings is 1. The zero-order valence-corrected chi connectivity index (χ0v) is 16.5. The molecule has 0 bridgehead atoms. The van der Waals surface area contributed by atoms with Gasteiger partial charge < -0.3 is 4.18 Å². The molecule has 0 spiro atoms. The van der Waals surface area contributed by atoms with E-state index in [1.54, 1.807) is 12.1 Å². The molecule has 0 atom stereocenters. The summed E-state index contributed by atoms with van der Waals surface area (Å²) in [4.78, 5) is 11.8. The molecule has 2 aromatic heterocycles. The first kappa shape index (κ1) is 21.6. The summed E-state index contributed by atoms with van der Waals surface area (Å²) in [7, 11) is -5.97. The normalized spacial score (nSPS) is 12.2. The average molecular weight is 441 g/mol. The van der Waals surface area contributed by atoms with Gasteiger partial charge in [-0.15, -0.1) is 0 Å². The quantitative estimate of drug-likeness (QED) is 0.324. The van der Waals surface area contributed by atoms with Crippen molar-refractivity contribution in [1.29, 1.82) is 0 Å². The van der Waals surface area contributed by atoms with Gasteiger partial charge in [-0.25, -0.2) is 4.39 Å². The van der Waals surface area contributed by atoms with E-state index in [2.05, 4.69) is 19.1 Å². The lowest BCUT2D eigenvalue weighted by Crippen LogP contribution is -2.28. The second-order valence-electron chi connectivity index (χ2n) is 6.54. The molecular weight excluding hydrogens is 426 g/mol. The van der Waals surface area contributed by atoms with Crippen LogP contribution in [-0.2, 0) is 10.1 Å². The number of rotatable bonds is 5. The number of nitrogens with zero attached hydrogens (tertiary/aromatic N) is 3. The van der Waals surface area contributed by atoms with E-state index >= 15 is 0 Å². The number of aromatic nitrogens is 3. The van der Waals surface area contributed by atoms with Gasteiger partial charge in [0.05, 0.1) is 11.4 Å². The van der Waals surface area contributed by atoms with Gasteiger partial charge in [-0.05, 0) is 48.4 Å². The van der Waals surface area contributed by atoms with Crippen molar-refractivity contribution in [2.45, 2.75) is 25.3 Å². The zero-order chi connectivity index (χ0) is 22.1. The fourth-order valence-corrected chi connectivity index (χ4v) is 2.79. The molecule has 0 N–H and O–H groups in total. The number of hydrogen-bond acceptors (Lipinski definition) is 6. The van der Waals surface area contributed by atoms with Crippen LogP contribution < -0.4 is 4.18 Å². The summed E-state index contributed by atoms with van der Waals surface area (Å²) in [6, 6.07) is 8.68. The Morgan fingerprint density at radius 1 is 0.933 bits per heavy atom. The van der Waals surface area contributed by atoms with E-state index in [1.165, 1.54) is 24.4 Å². The molecule has 0 saturated carbocycles. The third kappa shape index (κ3) is 4.73. The lowest BCUT2D eigenvalue weighted by molar-refractivity contribution is -0.0502. The van der Waals surface area contributed by atoms with Crippen molar-refractivity contribution in [2.75, 3.05) is 0 Å². The minimum Gasteiger partial charge on any atom is -0.337 e. The van der Waals surface area contributed by atoms with Gasteiger partial charge >= 0.3 is 21.6 Å². The van der Waals surface area contributed by atoms with Gasteiger partial charge in [0.2, 0.25) is 0 Å². The number of hydrogen-bond donors (Lipinski definition) is 0. The van der Waals surface area contributed by atoms with E-state index in [0.717, 1.165) is 17.8 Å². The Morgan fingerprint density at radius 3 is 2.00 bits per heavy atom. The summed E-state index contributed by atoms with van der Waals surface area (Å²) >= 11 is 0. The predicted molar refractivity (Wildman–Crippen MR) is 100 cm³/mol. The van der Waals surface area contributed by atoms with Crippen molar-refractivity contribution in [1.82, 2.24) is 15.0 Å². The van der Waals surface area contributed by atoms with Crippen LogP contribution in [0.4, 0.5) is 17.6 Å². The van der Waals surface area contributed by atoms with Crippen molar-refractivity contribution in [3.05, 3.63) is 60.2 Å². The summed E-state index contributed by atoms with van der Waals surface area (Å²) in [5.74, 6) is -0.382. The minimum atomic E-state index is -5.97. The molecule has 0 aliphatic carbocycles. The van der Waals surface area contributed by atoms with Crippen LogP contribution in [0.3, 0.4) is 0 Å². The maximum absolute atomic E-state index is 13.2. The Morgan fingerprint density at radius 2 is 1.50 bits per heavy atom. The molecule has 1 aromatic carbocycles. The minimum absolute atomic E-state index is 0.0420. The standard InChI is InChI=1S/C19H15F4N3O3S/c1-11(2)15-8-5-13(10-24-15)17-9-16(12-3-6-14(20)7-4-12)25-18(26-17)29-30(27,28)19(21,22)23/h3-11H,1-2H3. The summed E-state index contributed by atoms with van der Waals surface area (Å²) in [6.45, 7) is 3.88. The Bertz CT molecular complexity index is 1150. The van der Waals surface area contributed by atoms with Crippen LogP contribution in [0.5, 0.6) is 6.01 Å². The van der Waals surface area contributed by atoms with Crippen LogP contribution in [0, 0.1) is 5.82 Å². The summed E-state index contributed by atoms with van der Waals surface area (Å²) in [5.41, 5.74) is -4.02. The number of halogens is 4. The first-order valence-corrected chi connectivity index (χ1v) is 9.99. The largest absolute Gasteiger partial charge is 0.534 e. The van der Waals surface area contributed by atoms with Gasteiger partial charge in [0.15, 0.2) is 0 Å². The first-order valence-electron chi connectivity index (χ1n) is 8.58. The molecule has 3 rings (SSSR count). The van der Waals surface area contributed by atoms with Gasteiger partial charge in [0.25, 0.3) is 0 Å². The van der Waals surface area contributed by atoms with Crippen molar-refractivity contribution in [3.8, 4) is 28.5 Å². The molecule has 0 aliphatic rings. The van der Waals surface area contributed by atoms with Gasteiger partial charge in [0, 0.05) is 23.0 Å². The highest BCUT2D eigenvalue weighted by molar-refractivity contribution is 7.87. The van der Waals surface area contributed by atoms with Crippen molar-refractivity contribution in [3.63, 3.8) is 0 Å². The molecule has 0 aliphatic heterocycles. The Labute approximate surface area is 169 Å². The summed E-state index contributed by atoms with van der Waals surface area (Å²) in [5, 5.41) is 0. The maximum Gasteiger partial charge on any atom is 0.534 e. The summed E-state index contributed by atoms with van der Waals surface area (Å²) in [6.07, 6.45) is 1.45. The highest BCUT2D eigenvalue weighted by atomic mass is 32.2.